The number of hydrogen-bond acceptors (Lipinski definition) is 4. The highest BCUT2D eigenvalue weighted by molar-refractivity contribution is 7.92. The summed E-state index contributed by atoms with van der Waals surface area (Å²) in [5.74, 6) is -0.250. The van der Waals surface area contributed by atoms with Crippen molar-refractivity contribution in [3.63, 3.8) is 0 Å². The highest BCUT2D eigenvalue weighted by Gasteiger charge is 2.12. The Balaban J connectivity index is 1.33. The Labute approximate surface area is 167 Å². The predicted molar refractivity (Wildman–Crippen MR) is 114 cm³/mol. The molecule has 4 rings (SSSR count). The Hall–Kier alpha value is -3.59. The van der Waals surface area contributed by atoms with Crippen LogP contribution in [-0.4, -0.2) is 36.4 Å². The number of urea groups is 1. The average molecular weight is 409 g/mol. The minimum atomic E-state index is -3.61. The molecule has 148 valence electrons. The van der Waals surface area contributed by atoms with E-state index in [4.69, 9.17) is 0 Å². The summed E-state index contributed by atoms with van der Waals surface area (Å²) in [6, 6.07) is 17.9. The molecule has 8 nitrogen and oxygen atoms in total. The van der Waals surface area contributed by atoms with Crippen LogP contribution < -0.4 is 15.4 Å². The highest BCUT2D eigenvalue weighted by Crippen LogP contribution is 2.22. The van der Waals surface area contributed by atoms with Crippen molar-refractivity contribution >= 4 is 43.7 Å². The number of nitrogens with zero attached hydrogens (tertiary/aromatic N) is 2. The summed E-state index contributed by atoms with van der Waals surface area (Å²) in [5, 5.41) is 11.3. The topological polar surface area (TPSA) is 105 Å². The smallest absolute Gasteiger partial charge is 0.319 e. The zero-order chi connectivity index (χ0) is 20.3. The van der Waals surface area contributed by atoms with Gasteiger partial charge in [0.15, 0.2) is 0 Å². The first-order valence-electron chi connectivity index (χ1n) is 8.97. The van der Waals surface area contributed by atoms with Crippen LogP contribution in [0.4, 0.5) is 16.2 Å². The van der Waals surface area contributed by atoms with Gasteiger partial charge in [0.2, 0.25) is 10.0 Å². The first-order chi connectivity index (χ1) is 14.0. The minimum absolute atomic E-state index is 0.0269. The number of amides is 2. The molecule has 4 aromatic rings. The Kier molecular flexibility index (Phi) is 5.05. The zero-order valence-corrected chi connectivity index (χ0v) is 16.2. The second kappa shape index (κ2) is 7.80. The molecule has 0 fully saturated rings. The van der Waals surface area contributed by atoms with Crippen molar-refractivity contribution in [2.24, 2.45) is 0 Å². The number of fused-ring (bicyclic) bond motifs is 2. The largest absolute Gasteiger partial charge is 0.337 e. The second-order valence-electron chi connectivity index (χ2n) is 6.44. The van der Waals surface area contributed by atoms with Crippen molar-refractivity contribution in [2.75, 3.05) is 22.3 Å². The summed E-state index contributed by atoms with van der Waals surface area (Å²) in [6.07, 6.45) is 3.30. The molecule has 0 saturated carbocycles. The molecule has 2 amide bonds. The number of nitrogens with one attached hydrogen (secondary N) is 3. The molecule has 0 saturated heterocycles. The molecule has 0 aliphatic rings. The first kappa shape index (κ1) is 18.8. The number of aromatic nitrogens is 2. The van der Waals surface area contributed by atoms with Gasteiger partial charge >= 0.3 is 6.03 Å². The molecule has 0 radical (unpaired) electrons. The normalized spacial score (nSPS) is 11.4. The number of sulfonamides is 1. The van der Waals surface area contributed by atoms with Gasteiger partial charge in [0.25, 0.3) is 0 Å². The maximum atomic E-state index is 12.3. The standard InChI is InChI=1S/C20H19N5O3S/c26-20(23-19-7-3-5-15-4-1-2-6-18(15)19)21-11-13-29(27,28)24-16-9-12-25-17(14-16)8-10-22-25/h1-10,12,14,24H,11,13H2,(H2,21,23,26). The van der Waals surface area contributed by atoms with Crippen LogP contribution in [0.3, 0.4) is 0 Å². The van der Waals surface area contributed by atoms with Crippen molar-refractivity contribution < 1.29 is 13.2 Å². The maximum absolute atomic E-state index is 12.3. The highest BCUT2D eigenvalue weighted by atomic mass is 32.2. The van der Waals surface area contributed by atoms with Gasteiger partial charge in [0.05, 0.1) is 22.6 Å². The molecule has 0 bridgehead atoms. The number of anilines is 2. The molecular weight excluding hydrogens is 390 g/mol. The number of pyridine rings is 1. The number of carbonyl (C=O) groups is 1. The van der Waals surface area contributed by atoms with E-state index in [0.717, 1.165) is 16.3 Å². The van der Waals surface area contributed by atoms with E-state index in [1.807, 2.05) is 36.4 Å². The van der Waals surface area contributed by atoms with E-state index in [1.54, 1.807) is 41.2 Å². The SMILES string of the molecule is O=C(NCCS(=O)(=O)Nc1ccn2nccc2c1)Nc1cccc2ccccc12. The fourth-order valence-electron chi connectivity index (χ4n) is 3.02. The van der Waals surface area contributed by atoms with Gasteiger partial charge in [-0.25, -0.2) is 17.7 Å². The summed E-state index contributed by atoms with van der Waals surface area (Å²) in [7, 11) is -3.61. The Morgan fingerprint density at radius 2 is 1.86 bits per heavy atom. The molecule has 0 atom stereocenters. The van der Waals surface area contributed by atoms with Crippen LogP contribution in [0.25, 0.3) is 16.3 Å². The molecule has 9 heteroatoms. The number of rotatable bonds is 6. The van der Waals surface area contributed by atoms with Gasteiger partial charge in [-0.2, -0.15) is 5.10 Å². The summed E-state index contributed by atoms with van der Waals surface area (Å²) in [4.78, 5) is 12.2. The van der Waals surface area contributed by atoms with E-state index in [2.05, 4.69) is 20.5 Å². The van der Waals surface area contributed by atoms with Gasteiger partial charge in [0, 0.05) is 24.3 Å². The van der Waals surface area contributed by atoms with Gasteiger partial charge in [-0.3, -0.25) is 4.72 Å². The van der Waals surface area contributed by atoms with Crippen LogP contribution in [0.5, 0.6) is 0 Å². The maximum Gasteiger partial charge on any atom is 0.319 e. The molecule has 2 aromatic carbocycles. The van der Waals surface area contributed by atoms with E-state index < -0.39 is 16.1 Å². The first-order valence-corrected chi connectivity index (χ1v) is 10.6. The molecule has 3 N–H and O–H groups in total. The summed E-state index contributed by atoms with van der Waals surface area (Å²) < 4.78 is 28.7. The monoisotopic (exact) mass is 409 g/mol. The average Bonchev–Trinajstić information content (AvgIpc) is 3.15. The van der Waals surface area contributed by atoms with E-state index in [0.29, 0.717) is 11.4 Å². The Morgan fingerprint density at radius 1 is 1.03 bits per heavy atom. The Morgan fingerprint density at radius 3 is 2.76 bits per heavy atom. The lowest BCUT2D eigenvalue weighted by Gasteiger charge is -2.11. The molecule has 2 aromatic heterocycles. The molecular formula is C20H19N5O3S. The van der Waals surface area contributed by atoms with Crippen molar-refractivity contribution in [3.8, 4) is 0 Å². The lowest BCUT2D eigenvalue weighted by Crippen LogP contribution is -2.34. The van der Waals surface area contributed by atoms with E-state index in [9.17, 15) is 13.2 Å². The third-order valence-corrected chi connectivity index (χ3v) is 5.66. The van der Waals surface area contributed by atoms with E-state index in [1.165, 1.54) is 0 Å². The number of carbonyl (C=O) groups excluding carboxylic acids is 1. The summed E-state index contributed by atoms with van der Waals surface area (Å²) in [5.41, 5.74) is 1.88. The van der Waals surface area contributed by atoms with E-state index in [-0.39, 0.29) is 12.3 Å². The minimum Gasteiger partial charge on any atom is -0.337 e. The lowest BCUT2D eigenvalue weighted by molar-refractivity contribution is 0.252. The summed E-state index contributed by atoms with van der Waals surface area (Å²) >= 11 is 0. The lowest BCUT2D eigenvalue weighted by atomic mass is 10.1. The third kappa shape index (κ3) is 4.46. The van der Waals surface area contributed by atoms with Crippen molar-refractivity contribution in [1.82, 2.24) is 14.9 Å². The molecule has 29 heavy (non-hydrogen) atoms. The summed E-state index contributed by atoms with van der Waals surface area (Å²) in [6.45, 7) is -0.0269. The molecule has 0 unspecified atom stereocenters. The van der Waals surface area contributed by atoms with Crippen LogP contribution in [-0.2, 0) is 10.0 Å². The number of hydrogen-bond donors (Lipinski definition) is 3. The third-order valence-electron chi connectivity index (χ3n) is 4.37. The van der Waals surface area contributed by atoms with Crippen LogP contribution >= 0.6 is 0 Å². The van der Waals surface area contributed by atoms with Crippen LogP contribution in [0.2, 0.25) is 0 Å². The van der Waals surface area contributed by atoms with Crippen molar-refractivity contribution in [2.45, 2.75) is 0 Å². The van der Waals surface area contributed by atoms with Crippen molar-refractivity contribution in [3.05, 3.63) is 73.1 Å². The predicted octanol–water partition coefficient (Wildman–Crippen LogP) is 3.05. The van der Waals surface area contributed by atoms with Gasteiger partial charge < -0.3 is 10.6 Å². The fourth-order valence-corrected chi connectivity index (χ4v) is 3.97. The second-order valence-corrected chi connectivity index (χ2v) is 8.29. The molecule has 0 aliphatic carbocycles. The fraction of sp³-hybridized carbons (Fsp3) is 0.100. The molecule has 0 spiro atoms. The molecule has 2 heterocycles. The van der Waals surface area contributed by atoms with Gasteiger partial charge in [-0.15, -0.1) is 0 Å². The molecule has 0 aliphatic heterocycles. The quantitative estimate of drug-likeness (QED) is 0.455. The van der Waals surface area contributed by atoms with Crippen molar-refractivity contribution in [1.29, 1.82) is 0 Å². The van der Waals surface area contributed by atoms with Gasteiger partial charge in [-0.1, -0.05) is 36.4 Å². The zero-order valence-electron chi connectivity index (χ0n) is 15.4. The van der Waals surface area contributed by atoms with Gasteiger partial charge in [-0.05, 0) is 29.7 Å². The number of benzene rings is 2. The Bertz CT molecular complexity index is 1280. The van der Waals surface area contributed by atoms with Gasteiger partial charge in [0.1, 0.15) is 0 Å². The van der Waals surface area contributed by atoms with Crippen LogP contribution in [0.1, 0.15) is 0 Å². The van der Waals surface area contributed by atoms with E-state index >= 15 is 0 Å². The van der Waals surface area contributed by atoms with Crippen LogP contribution in [0.15, 0.2) is 73.1 Å². The van der Waals surface area contributed by atoms with Crippen LogP contribution in [0, 0.1) is 0 Å².